The van der Waals surface area contributed by atoms with Crippen LogP contribution in [0.4, 0.5) is 15.8 Å². The lowest BCUT2D eigenvalue weighted by atomic mass is 10.1. The fourth-order valence-corrected chi connectivity index (χ4v) is 2.55. The average Bonchev–Trinajstić information content (AvgIpc) is 2.61. The zero-order valence-corrected chi connectivity index (χ0v) is 11.2. The van der Waals surface area contributed by atoms with Gasteiger partial charge in [0.05, 0.1) is 12.3 Å². The van der Waals surface area contributed by atoms with Crippen LogP contribution in [0.3, 0.4) is 0 Å². The highest BCUT2D eigenvalue weighted by atomic mass is 19.1. The first kappa shape index (κ1) is 12.8. The minimum atomic E-state index is -0.292. The molecular weight excluding hydrogens is 255 g/mol. The fraction of sp³-hybridized carbons (Fsp3) is 0.250. The molecule has 3 nitrogen and oxygen atoms in total. The molecule has 2 aromatic rings. The number of nitrogens with zero attached hydrogens (tertiary/aromatic N) is 1. The molecule has 0 saturated carbocycles. The lowest BCUT2D eigenvalue weighted by molar-refractivity contribution is 0.322. The summed E-state index contributed by atoms with van der Waals surface area (Å²) in [5.41, 5.74) is 8.09. The van der Waals surface area contributed by atoms with Crippen molar-refractivity contribution in [1.82, 2.24) is 0 Å². The minimum absolute atomic E-state index is 0.292. The second kappa shape index (κ2) is 5.41. The van der Waals surface area contributed by atoms with E-state index in [1.54, 1.807) is 0 Å². The third-order valence-electron chi connectivity index (χ3n) is 3.39. The molecule has 3 rings (SSSR count). The van der Waals surface area contributed by atoms with Crippen molar-refractivity contribution in [2.24, 2.45) is 0 Å². The van der Waals surface area contributed by atoms with E-state index in [0.29, 0.717) is 18.8 Å². The van der Waals surface area contributed by atoms with Crippen LogP contribution in [0.25, 0.3) is 0 Å². The van der Waals surface area contributed by atoms with Gasteiger partial charge in [-0.15, -0.1) is 0 Å². The van der Waals surface area contributed by atoms with Crippen LogP contribution in [-0.4, -0.2) is 13.2 Å². The number of ether oxygens (including phenoxy) is 1. The maximum Gasteiger partial charge on any atom is 0.142 e. The average molecular weight is 272 g/mol. The summed E-state index contributed by atoms with van der Waals surface area (Å²) in [6, 6.07) is 12.6. The molecule has 0 unspecified atom stereocenters. The number of nitrogen functional groups attached to an aromatic ring is 1. The third kappa shape index (κ3) is 2.69. The Morgan fingerprint density at radius 2 is 2.05 bits per heavy atom. The highest BCUT2D eigenvalue weighted by Gasteiger charge is 2.16. The molecule has 0 fully saturated rings. The predicted molar refractivity (Wildman–Crippen MR) is 78.4 cm³/mol. The van der Waals surface area contributed by atoms with Crippen LogP contribution in [0.1, 0.15) is 12.0 Å². The van der Waals surface area contributed by atoms with Gasteiger partial charge in [0, 0.05) is 18.8 Å². The highest BCUT2D eigenvalue weighted by molar-refractivity contribution is 5.59. The van der Waals surface area contributed by atoms with Gasteiger partial charge >= 0.3 is 0 Å². The molecule has 20 heavy (non-hydrogen) atoms. The molecule has 0 saturated heterocycles. The molecule has 2 N–H and O–H groups in total. The van der Waals surface area contributed by atoms with Crippen LogP contribution in [-0.2, 0) is 6.54 Å². The highest BCUT2D eigenvalue weighted by Crippen LogP contribution is 2.31. The van der Waals surface area contributed by atoms with Gasteiger partial charge < -0.3 is 15.4 Å². The molecule has 0 radical (unpaired) electrons. The Labute approximate surface area is 117 Å². The summed E-state index contributed by atoms with van der Waals surface area (Å²) in [6.07, 6.45) is 0.944. The normalized spacial score (nSPS) is 14.3. The second-order valence-corrected chi connectivity index (χ2v) is 4.98. The van der Waals surface area contributed by atoms with Gasteiger partial charge in [-0.3, -0.25) is 0 Å². The van der Waals surface area contributed by atoms with Gasteiger partial charge in [0.1, 0.15) is 11.6 Å². The number of nitrogens with two attached hydrogens (primary N) is 1. The van der Waals surface area contributed by atoms with E-state index in [9.17, 15) is 4.39 Å². The summed E-state index contributed by atoms with van der Waals surface area (Å²) in [6.45, 7) is 2.22. The molecule has 0 bridgehead atoms. The Bertz CT molecular complexity index is 595. The maximum absolute atomic E-state index is 13.4. The number of rotatable bonds is 2. The molecule has 104 valence electrons. The van der Waals surface area contributed by atoms with Gasteiger partial charge in [-0.2, -0.15) is 0 Å². The smallest absolute Gasteiger partial charge is 0.142 e. The molecule has 2 aromatic carbocycles. The van der Waals surface area contributed by atoms with E-state index in [0.717, 1.165) is 30.0 Å². The molecule has 0 atom stereocenters. The van der Waals surface area contributed by atoms with Crippen molar-refractivity contribution < 1.29 is 9.13 Å². The summed E-state index contributed by atoms with van der Waals surface area (Å²) in [4.78, 5) is 2.20. The largest absolute Gasteiger partial charge is 0.491 e. The van der Waals surface area contributed by atoms with Gasteiger partial charge in [-0.25, -0.2) is 4.39 Å². The fourth-order valence-electron chi connectivity index (χ4n) is 2.55. The van der Waals surface area contributed by atoms with Crippen LogP contribution in [0.2, 0.25) is 0 Å². The number of benzene rings is 2. The Balaban J connectivity index is 1.90. The number of anilines is 2. The maximum atomic E-state index is 13.4. The van der Waals surface area contributed by atoms with Crippen LogP contribution < -0.4 is 15.4 Å². The van der Waals surface area contributed by atoms with E-state index in [2.05, 4.69) is 4.90 Å². The van der Waals surface area contributed by atoms with E-state index < -0.39 is 0 Å². The Morgan fingerprint density at radius 3 is 2.90 bits per heavy atom. The summed E-state index contributed by atoms with van der Waals surface area (Å²) >= 11 is 0. The molecule has 0 aliphatic carbocycles. The van der Waals surface area contributed by atoms with Gasteiger partial charge in [0.15, 0.2) is 0 Å². The van der Waals surface area contributed by atoms with Crippen molar-refractivity contribution >= 4 is 11.4 Å². The van der Waals surface area contributed by atoms with Crippen molar-refractivity contribution in [3.05, 3.63) is 53.8 Å². The van der Waals surface area contributed by atoms with E-state index >= 15 is 0 Å². The summed E-state index contributed by atoms with van der Waals surface area (Å²) in [7, 11) is 0. The van der Waals surface area contributed by atoms with Crippen molar-refractivity contribution in [3.8, 4) is 5.75 Å². The van der Waals surface area contributed by atoms with Crippen LogP contribution in [0.15, 0.2) is 42.5 Å². The Morgan fingerprint density at radius 1 is 1.20 bits per heavy atom. The van der Waals surface area contributed by atoms with Crippen molar-refractivity contribution in [2.75, 3.05) is 23.8 Å². The number of hydrogen-bond acceptors (Lipinski definition) is 3. The number of para-hydroxylation sites is 2. The molecule has 1 aliphatic heterocycles. The topological polar surface area (TPSA) is 38.5 Å². The standard InChI is InChI=1S/C16H17FN2O/c17-13-8-12(9-14(18)10-13)11-19-6-3-7-20-16-5-2-1-4-15(16)19/h1-2,4-5,8-10H,3,6-7,11,18H2. The lowest BCUT2D eigenvalue weighted by Gasteiger charge is -2.24. The second-order valence-electron chi connectivity index (χ2n) is 4.98. The van der Waals surface area contributed by atoms with Gasteiger partial charge in [0.25, 0.3) is 0 Å². The quantitative estimate of drug-likeness (QED) is 0.853. The van der Waals surface area contributed by atoms with E-state index in [1.807, 2.05) is 30.3 Å². The van der Waals surface area contributed by atoms with Crippen LogP contribution in [0, 0.1) is 5.82 Å². The van der Waals surface area contributed by atoms with E-state index in [-0.39, 0.29) is 5.82 Å². The summed E-state index contributed by atoms with van der Waals surface area (Å²) in [5, 5.41) is 0. The third-order valence-corrected chi connectivity index (χ3v) is 3.39. The lowest BCUT2D eigenvalue weighted by Crippen LogP contribution is -2.23. The summed E-state index contributed by atoms with van der Waals surface area (Å²) < 4.78 is 19.2. The van der Waals surface area contributed by atoms with Crippen molar-refractivity contribution in [3.63, 3.8) is 0 Å². The summed E-state index contributed by atoms with van der Waals surface area (Å²) in [5.74, 6) is 0.591. The van der Waals surface area contributed by atoms with Gasteiger partial charge in [-0.1, -0.05) is 12.1 Å². The molecule has 0 amide bonds. The Kier molecular flexibility index (Phi) is 3.46. The van der Waals surface area contributed by atoms with Crippen molar-refractivity contribution in [2.45, 2.75) is 13.0 Å². The first-order valence-electron chi connectivity index (χ1n) is 6.74. The number of fused-ring (bicyclic) bond motifs is 1. The first-order valence-corrected chi connectivity index (χ1v) is 6.74. The predicted octanol–water partition coefficient (Wildman–Crippen LogP) is 3.20. The molecule has 1 heterocycles. The monoisotopic (exact) mass is 272 g/mol. The molecule has 1 aliphatic rings. The van der Waals surface area contributed by atoms with Crippen LogP contribution >= 0.6 is 0 Å². The zero-order chi connectivity index (χ0) is 13.9. The first-order chi connectivity index (χ1) is 9.72. The van der Waals surface area contributed by atoms with Gasteiger partial charge in [0.2, 0.25) is 0 Å². The zero-order valence-electron chi connectivity index (χ0n) is 11.2. The number of halogens is 1. The van der Waals surface area contributed by atoms with Gasteiger partial charge in [-0.05, 0) is 42.3 Å². The minimum Gasteiger partial charge on any atom is -0.491 e. The SMILES string of the molecule is Nc1cc(F)cc(CN2CCCOc3ccccc32)c1. The number of hydrogen-bond donors (Lipinski definition) is 1. The molecular formula is C16H17FN2O. The molecule has 0 aromatic heterocycles. The van der Waals surface area contributed by atoms with E-state index in [1.165, 1.54) is 12.1 Å². The van der Waals surface area contributed by atoms with Crippen molar-refractivity contribution in [1.29, 1.82) is 0 Å². The molecule has 0 spiro atoms. The van der Waals surface area contributed by atoms with E-state index in [4.69, 9.17) is 10.5 Å². The van der Waals surface area contributed by atoms with Crippen LogP contribution in [0.5, 0.6) is 5.75 Å². The Hall–Kier alpha value is -2.23. The molecule has 4 heteroatoms.